The van der Waals surface area contributed by atoms with Crippen molar-refractivity contribution in [2.45, 2.75) is 25.9 Å². The first-order chi connectivity index (χ1) is 9.56. The minimum absolute atomic E-state index is 0. The average molecular weight is 330 g/mol. The standard InChI is InChI=1S/C14H19N3O2S.ClH/c1-9(16-14(19)13-7-20-8-15-13)11-4-3-5-12(6-11)17-10(2)18;/h3-6,9,13,15H,7-8H2,1-2H3,(H,16,19)(H,17,18);1H. The summed E-state index contributed by atoms with van der Waals surface area (Å²) in [5.74, 6) is 1.55. The van der Waals surface area contributed by atoms with Gasteiger partial charge in [0, 0.05) is 24.2 Å². The summed E-state index contributed by atoms with van der Waals surface area (Å²) in [4.78, 5) is 23.1. The molecule has 1 aliphatic rings. The van der Waals surface area contributed by atoms with Gasteiger partial charge in [0.2, 0.25) is 11.8 Å². The Labute approximate surface area is 135 Å². The van der Waals surface area contributed by atoms with Gasteiger partial charge in [-0.15, -0.1) is 24.2 Å². The molecule has 7 heteroatoms. The number of nitrogens with one attached hydrogen (secondary N) is 3. The van der Waals surface area contributed by atoms with Crippen LogP contribution in [0.5, 0.6) is 0 Å². The summed E-state index contributed by atoms with van der Waals surface area (Å²) < 4.78 is 0. The van der Waals surface area contributed by atoms with Gasteiger partial charge in [0.1, 0.15) is 0 Å². The van der Waals surface area contributed by atoms with E-state index < -0.39 is 0 Å². The third-order valence-corrected chi connectivity index (χ3v) is 4.04. The second-order valence-corrected chi connectivity index (χ2v) is 5.84. The van der Waals surface area contributed by atoms with E-state index in [0.29, 0.717) is 0 Å². The van der Waals surface area contributed by atoms with Gasteiger partial charge in [-0.1, -0.05) is 12.1 Å². The van der Waals surface area contributed by atoms with Gasteiger partial charge < -0.3 is 10.6 Å². The number of rotatable bonds is 4. The van der Waals surface area contributed by atoms with Crippen molar-refractivity contribution in [2.24, 2.45) is 0 Å². The van der Waals surface area contributed by atoms with Crippen molar-refractivity contribution in [3.8, 4) is 0 Å². The Morgan fingerprint density at radius 1 is 1.43 bits per heavy atom. The molecule has 0 aromatic heterocycles. The molecule has 5 nitrogen and oxygen atoms in total. The van der Waals surface area contributed by atoms with Crippen LogP contribution < -0.4 is 16.0 Å². The molecule has 2 atom stereocenters. The van der Waals surface area contributed by atoms with Crippen LogP contribution >= 0.6 is 24.2 Å². The van der Waals surface area contributed by atoms with Gasteiger partial charge in [-0.05, 0) is 24.6 Å². The highest BCUT2D eigenvalue weighted by molar-refractivity contribution is 7.99. The molecule has 2 unspecified atom stereocenters. The van der Waals surface area contributed by atoms with Gasteiger partial charge >= 0.3 is 0 Å². The lowest BCUT2D eigenvalue weighted by Crippen LogP contribution is -2.42. The van der Waals surface area contributed by atoms with Gasteiger partial charge in [-0.25, -0.2) is 0 Å². The van der Waals surface area contributed by atoms with E-state index in [9.17, 15) is 9.59 Å². The number of hydrogen-bond acceptors (Lipinski definition) is 4. The number of anilines is 1. The average Bonchev–Trinajstić information content (AvgIpc) is 2.92. The van der Waals surface area contributed by atoms with E-state index in [0.717, 1.165) is 22.9 Å². The Kier molecular flexibility index (Phi) is 7.01. The first-order valence-electron chi connectivity index (χ1n) is 6.55. The van der Waals surface area contributed by atoms with Gasteiger partial charge in [0.25, 0.3) is 0 Å². The number of halogens is 1. The predicted molar refractivity (Wildman–Crippen MR) is 88.8 cm³/mol. The van der Waals surface area contributed by atoms with Gasteiger partial charge in [0.05, 0.1) is 12.1 Å². The summed E-state index contributed by atoms with van der Waals surface area (Å²) >= 11 is 1.72. The summed E-state index contributed by atoms with van der Waals surface area (Å²) in [5, 5.41) is 8.88. The molecule has 1 aromatic carbocycles. The Balaban J connectivity index is 0.00000220. The number of benzene rings is 1. The summed E-state index contributed by atoms with van der Waals surface area (Å²) in [7, 11) is 0. The molecule has 21 heavy (non-hydrogen) atoms. The third kappa shape index (κ3) is 5.22. The molecule has 1 fully saturated rings. The van der Waals surface area contributed by atoms with Crippen molar-refractivity contribution in [1.29, 1.82) is 0 Å². The monoisotopic (exact) mass is 329 g/mol. The number of carbonyl (C=O) groups excluding carboxylic acids is 2. The van der Waals surface area contributed by atoms with Crippen LogP contribution in [-0.2, 0) is 9.59 Å². The number of carbonyl (C=O) groups is 2. The lowest BCUT2D eigenvalue weighted by atomic mass is 10.1. The second-order valence-electron chi connectivity index (χ2n) is 4.81. The van der Waals surface area contributed by atoms with Crippen LogP contribution in [0.15, 0.2) is 24.3 Å². The molecule has 0 saturated carbocycles. The fraction of sp³-hybridized carbons (Fsp3) is 0.429. The Hall–Kier alpha value is -1.24. The molecule has 0 radical (unpaired) electrons. The van der Waals surface area contributed by atoms with Crippen LogP contribution in [0, 0.1) is 0 Å². The van der Waals surface area contributed by atoms with E-state index in [4.69, 9.17) is 0 Å². The van der Waals surface area contributed by atoms with Crippen molar-refractivity contribution in [2.75, 3.05) is 16.9 Å². The molecule has 1 aliphatic heterocycles. The van der Waals surface area contributed by atoms with Crippen LogP contribution in [0.3, 0.4) is 0 Å². The smallest absolute Gasteiger partial charge is 0.238 e. The lowest BCUT2D eigenvalue weighted by Gasteiger charge is -2.18. The minimum atomic E-state index is -0.110. The van der Waals surface area contributed by atoms with Crippen molar-refractivity contribution < 1.29 is 9.59 Å². The predicted octanol–water partition coefficient (Wildman–Crippen LogP) is 1.91. The molecule has 3 N–H and O–H groups in total. The van der Waals surface area contributed by atoms with E-state index in [-0.39, 0.29) is 36.3 Å². The Bertz CT molecular complexity index is 507. The zero-order chi connectivity index (χ0) is 14.5. The van der Waals surface area contributed by atoms with E-state index >= 15 is 0 Å². The first-order valence-corrected chi connectivity index (χ1v) is 7.71. The first kappa shape index (κ1) is 17.8. The van der Waals surface area contributed by atoms with Crippen molar-refractivity contribution in [1.82, 2.24) is 10.6 Å². The maximum atomic E-state index is 12.0. The van der Waals surface area contributed by atoms with E-state index in [1.807, 2.05) is 31.2 Å². The number of hydrogen-bond donors (Lipinski definition) is 3. The molecule has 0 aliphatic carbocycles. The fourth-order valence-corrected chi connectivity index (χ4v) is 2.99. The molecule has 1 heterocycles. The lowest BCUT2D eigenvalue weighted by molar-refractivity contribution is -0.123. The molecule has 2 amide bonds. The Morgan fingerprint density at radius 2 is 2.19 bits per heavy atom. The largest absolute Gasteiger partial charge is 0.348 e. The molecule has 116 valence electrons. The molecular formula is C14H20ClN3O2S. The topological polar surface area (TPSA) is 70.2 Å². The van der Waals surface area contributed by atoms with Crippen LogP contribution in [-0.4, -0.2) is 29.5 Å². The maximum absolute atomic E-state index is 12.0. The highest BCUT2D eigenvalue weighted by Crippen LogP contribution is 2.18. The van der Waals surface area contributed by atoms with Crippen molar-refractivity contribution in [3.63, 3.8) is 0 Å². The zero-order valence-electron chi connectivity index (χ0n) is 12.0. The molecule has 0 bridgehead atoms. The highest BCUT2D eigenvalue weighted by Gasteiger charge is 2.23. The highest BCUT2D eigenvalue weighted by atomic mass is 35.5. The summed E-state index contributed by atoms with van der Waals surface area (Å²) in [6.45, 7) is 3.41. The molecular weight excluding hydrogens is 310 g/mol. The quantitative estimate of drug-likeness (QED) is 0.789. The minimum Gasteiger partial charge on any atom is -0.348 e. The van der Waals surface area contributed by atoms with Crippen LogP contribution in [0.1, 0.15) is 25.5 Å². The Morgan fingerprint density at radius 3 is 2.81 bits per heavy atom. The van der Waals surface area contributed by atoms with E-state index in [2.05, 4.69) is 16.0 Å². The molecule has 1 saturated heterocycles. The van der Waals surface area contributed by atoms with Crippen LogP contribution in [0.2, 0.25) is 0 Å². The molecule has 1 aromatic rings. The fourth-order valence-electron chi connectivity index (χ4n) is 2.05. The SMILES string of the molecule is CC(=O)Nc1cccc(C(C)NC(=O)C2CSCN2)c1.Cl. The van der Waals surface area contributed by atoms with Crippen LogP contribution in [0.4, 0.5) is 5.69 Å². The van der Waals surface area contributed by atoms with Gasteiger partial charge in [-0.2, -0.15) is 0 Å². The normalized spacial score (nSPS) is 18.5. The van der Waals surface area contributed by atoms with Crippen molar-refractivity contribution >= 4 is 41.7 Å². The van der Waals surface area contributed by atoms with E-state index in [1.165, 1.54) is 6.92 Å². The molecule has 0 spiro atoms. The number of amides is 2. The zero-order valence-corrected chi connectivity index (χ0v) is 13.6. The maximum Gasteiger partial charge on any atom is 0.238 e. The second kappa shape index (κ2) is 8.26. The number of thioether (sulfide) groups is 1. The van der Waals surface area contributed by atoms with Gasteiger partial charge in [0.15, 0.2) is 0 Å². The summed E-state index contributed by atoms with van der Waals surface area (Å²) in [6.07, 6.45) is 0. The summed E-state index contributed by atoms with van der Waals surface area (Å²) in [5.41, 5.74) is 1.71. The molecule has 2 rings (SSSR count). The summed E-state index contributed by atoms with van der Waals surface area (Å²) in [6, 6.07) is 7.31. The van der Waals surface area contributed by atoms with Crippen molar-refractivity contribution in [3.05, 3.63) is 29.8 Å². The van der Waals surface area contributed by atoms with Gasteiger partial charge in [-0.3, -0.25) is 14.9 Å². The van der Waals surface area contributed by atoms with Crippen LogP contribution in [0.25, 0.3) is 0 Å². The third-order valence-electron chi connectivity index (χ3n) is 3.10. The van der Waals surface area contributed by atoms with E-state index in [1.54, 1.807) is 11.8 Å².